The van der Waals surface area contributed by atoms with E-state index in [1.807, 2.05) is 19.1 Å². The van der Waals surface area contributed by atoms with Crippen LogP contribution < -0.4 is 5.73 Å². The summed E-state index contributed by atoms with van der Waals surface area (Å²) in [5, 5.41) is 4.28. The van der Waals surface area contributed by atoms with E-state index in [4.69, 9.17) is 10.5 Å². The standard InChI is InChI=1S/C15H20N4O2/c1-3-13(16)14(11-5-7-17-8-6-11)19-10-12(9-18-19)15(20)21-4-2/h5-10,13-14H,3-4,16H2,1-2H3. The molecule has 6 heteroatoms. The second-order valence-electron chi connectivity index (χ2n) is 4.73. The number of hydrogen-bond acceptors (Lipinski definition) is 5. The van der Waals surface area contributed by atoms with Crippen molar-refractivity contribution >= 4 is 5.97 Å². The van der Waals surface area contributed by atoms with Gasteiger partial charge in [-0.25, -0.2) is 4.79 Å². The van der Waals surface area contributed by atoms with Crippen LogP contribution in [0.25, 0.3) is 0 Å². The van der Waals surface area contributed by atoms with E-state index >= 15 is 0 Å². The largest absolute Gasteiger partial charge is 0.462 e. The van der Waals surface area contributed by atoms with Crippen molar-refractivity contribution in [1.29, 1.82) is 0 Å². The van der Waals surface area contributed by atoms with Crippen molar-refractivity contribution in [3.05, 3.63) is 48.0 Å². The molecule has 0 fully saturated rings. The number of pyridine rings is 1. The maximum atomic E-state index is 11.7. The molecule has 0 aromatic carbocycles. The van der Waals surface area contributed by atoms with Crippen LogP contribution in [-0.4, -0.2) is 33.4 Å². The molecule has 2 aromatic heterocycles. The molecule has 0 spiro atoms. The Morgan fingerprint density at radius 3 is 2.71 bits per heavy atom. The highest BCUT2D eigenvalue weighted by molar-refractivity contribution is 5.88. The van der Waals surface area contributed by atoms with E-state index in [0.29, 0.717) is 12.2 Å². The first-order chi connectivity index (χ1) is 10.2. The molecular weight excluding hydrogens is 268 g/mol. The van der Waals surface area contributed by atoms with E-state index in [9.17, 15) is 4.79 Å². The lowest BCUT2D eigenvalue weighted by Gasteiger charge is -2.23. The van der Waals surface area contributed by atoms with Crippen molar-refractivity contribution in [2.45, 2.75) is 32.4 Å². The topological polar surface area (TPSA) is 83.0 Å². The summed E-state index contributed by atoms with van der Waals surface area (Å²) in [6.45, 7) is 4.13. The molecule has 2 atom stereocenters. The van der Waals surface area contributed by atoms with Gasteiger partial charge in [0, 0.05) is 24.6 Å². The summed E-state index contributed by atoms with van der Waals surface area (Å²) < 4.78 is 6.70. The zero-order valence-corrected chi connectivity index (χ0v) is 12.3. The molecule has 6 nitrogen and oxygen atoms in total. The van der Waals surface area contributed by atoms with Gasteiger partial charge in [0.1, 0.15) is 0 Å². The summed E-state index contributed by atoms with van der Waals surface area (Å²) in [6.07, 6.45) is 7.43. The molecule has 0 aliphatic rings. The maximum Gasteiger partial charge on any atom is 0.341 e. The molecule has 2 unspecified atom stereocenters. The fourth-order valence-corrected chi connectivity index (χ4v) is 2.19. The molecule has 112 valence electrons. The molecular formula is C15H20N4O2. The van der Waals surface area contributed by atoms with Crippen molar-refractivity contribution in [2.24, 2.45) is 5.73 Å². The predicted octanol–water partition coefficient (Wildman–Crippen LogP) is 1.78. The number of nitrogens with zero attached hydrogens (tertiary/aromatic N) is 3. The van der Waals surface area contributed by atoms with E-state index in [-0.39, 0.29) is 18.1 Å². The summed E-state index contributed by atoms with van der Waals surface area (Å²) in [7, 11) is 0. The molecule has 0 saturated heterocycles. The lowest BCUT2D eigenvalue weighted by Crippen LogP contribution is -2.32. The van der Waals surface area contributed by atoms with Crippen LogP contribution in [0.3, 0.4) is 0 Å². The van der Waals surface area contributed by atoms with Crippen molar-refractivity contribution < 1.29 is 9.53 Å². The second-order valence-corrected chi connectivity index (χ2v) is 4.73. The number of hydrogen-bond donors (Lipinski definition) is 1. The maximum absolute atomic E-state index is 11.7. The Labute approximate surface area is 123 Å². The van der Waals surface area contributed by atoms with E-state index in [0.717, 1.165) is 12.0 Å². The fraction of sp³-hybridized carbons (Fsp3) is 0.400. The van der Waals surface area contributed by atoms with Crippen molar-refractivity contribution in [3.8, 4) is 0 Å². The zero-order valence-electron chi connectivity index (χ0n) is 12.3. The molecule has 2 N–H and O–H groups in total. The predicted molar refractivity (Wildman–Crippen MR) is 78.8 cm³/mol. The van der Waals surface area contributed by atoms with Crippen LogP contribution in [0.15, 0.2) is 36.9 Å². The SMILES string of the molecule is CCOC(=O)c1cnn(C(c2ccncc2)C(N)CC)c1. The molecule has 2 heterocycles. The number of rotatable bonds is 6. The molecule has 2 rings (SSSR count). The lowest BCUT2D eigenvalue weighted by atomic mass is 9.99. The average Bonchev–Trinajstić information content (AvgIpc) is 2.98. The Hall–Kier alpha value is -2.21. The van der Waals surface area contributed by atoms with Crippen LogP contribution in [0.1, 0.15) is 42.2 Å². The van der Waals surface area contributed by atoms with E-state index in [1.165, 1.54) is 6.20 Å². The Morgan fingerprint density at radius 1 is 1.38 bits per heavy atom. The molecule has 21 heavy (non-hydrogen) atoms. The highest BCUT2D eigenvalue weighted by Gasteiger charge is 2.22. The van der Waals surface area contributed by atoms with E-state index in [2.05, 4.69) is 10.1 Å². The molecule has 0 amide bonds. The summed E-state index contributed by atoms with van der Waals surface area (Å²) >= 11 is 0. The van der Waals surface area contributed by atoms with Crippen LogP contribution in [0.5, 0.6) is 0 Å². The van der Waals surface area contributed by atoms with Gasteiger partial charge in [-0.2, -0.15) is 5.10 Å². The second kappa shape index (κ2) is 6.99. The van der Waals surface area contributed by atoms with E-state index in [1.54, 1.807) is 30.2 Å². The van der Waals surface area contributed by atoms with Crippen molar-refractivity contribution in [1.82, 2.24) is 14.8 Å². The number of ether oxygens (including phenoxy) is 1. The van der Waals surface area contributed by atoms with Gasteiger partial charge in [-0.05, 0) is 31.0 Å². The fourth-order valence-electron chi connectivity index (χ4n) is 2.19. The summed E-state index contributed by atoms with van der Waals surface area (Å²) in [5.41, 5.74) is 7.67. The number of esters is 1. The minimum Gasteiger partial charge on any atom is -0.462 e. The zero-order chi connectivity index (χ0) is 15.2. The monoisotopic (exact) mass is 288 g/mol. The quantitative estimate of drug-likeness (QED) is 0.819. The van der Waals surface area contributed by atoms with Gasteiger partial charge >= 0.3 is 5.97 Å². The summed E-state index contributed by atoms with van der Waals surface area (Å²) in [6, 6.07) is 3.57. The van der Waals surface area contributed by atoms with E-state index < -0.39 is 0 Å². The van der Waals surface area contributed by atoms with Crippen LogP contribution >= 0.6 is 0 Å². The summed E-state index contributed by atoms with van der Waals surface area (Å²) in [4.78, 5) is 15.8. The van der Waals surface area contributed by atoms with Gasteiger partial charge in [0.15, 0.2) is 0 Å². The third kappa shape index (κ3) is 3.46. The molecule has 0 aliphatic heterocycles. The van der Waals surface area contributed by atoms with Gasteiger partial charge in [-0.15, -0.1) is 0 Å². The van der Waals surface area contributed by atoms with Crippen LogP contribution in [0, 0.1) is 0 Å². The average molecular weight is 288 g/mol. The Balaban J connectivity index is 2.32. The number of carbonyl (C=O) groups excluding carboxylic acids is 1. The summed E-state index contributed by atoms with van der Waals surface area (Å²) in [5.74, 6) is -0.373. The molecule has 2 aromatic rings. The Morgan fingerprint density at radius 2 is 2.10 bits per heavy atom. The number of carbonyl (C=O) groups is 1. The molecule has 0 bridgehead atoms. The van der Waals surface area contributed by atoms with Gasteiger partial charge in [0.05, 0.1) is 24.4 Å². The number of nitrogens with two attached hydrogens (primary N) is 1. The van der Waals surface area contributed by atoms with Gasteiger partial charge in [-0.3, -0.25) is 9.67 Å². The van der Waals surface area contributed by atoms with Gasteiger partial charge in [0.2, 0.25) is 0 Å². The molecule has 0 radical (unpaired) electrons. The van der Waals surface area contributed by atoms with Crippen LogP contribution in [-0.2, 0) is 4.74 Å². The van der Waals surface area contributed by atoms with Crippen molar-refractivity contribution in [2.75, 3.05) is 6.61 Å². The Bertz CT molecular complexity index is 582. The minimum atomic E-state index is -0.373. The first kappa shape index (κ1) is 15.2. The highest BCUT2D eigenvalue weighted by Crippen LogP contribution is 2.22. The Kier molecular flexibility index (Phi) is 5.05. The van der Waals surface area contributed by atoms with Gasteiger partial charge in [-0.1, -0.05) is 6.92 Å². The van der Waals surface area contributed by atoms with Crippen molar-refractivity contribution in [3.63, 3.8) is 0 Å². The third-order valence-electron chi connectivity index (χ3n) is 3.32. The smallest absolute Gasteiger partial charge is 0.341 e. The van der Waals surface area contributed by atoms with Crippen LogP contribution in [0.4, 0.5) is 0 Å². The lowest BCUT2D eigenvalue weighted by molar-refractivity contribution is 0.0526. The van der Waals surface area contributed by atoms with Gasteiger partial charge in [0.25, 0.3) is 0 Å². The molecule has 0 aliphatic carbocycles. The third-order valence-corrected chi connectivity index (χ3v) is 3.32. The number of aromatic nitrogens is 3. The van der Waals surface area contributed by atoms with Gasteiger partial charge < -0.3 is 10.5 Å². The minimum absolute atomic E-state index is 0.109. The first-order valence-electron chi connectivity index (χ1n) is 7.04. The highest BCUT2D eigenvalue weighted by atomic mass is 16.5. The normalized spacial score (nSPS) is 13.7. The first-order valence-corrected chi connectivity index (χ1v) is 7.04. The van der Waals surface area contributed by atoms with Crippen LogP contribution in [0.2, 0.25) is 0 Å². The molecule has 0 saturated carbocycles.